The Labute approximate surface area is 187 Å². The number of fused-ring (bicyclic) bond motifs is 1. The standard InChI is InChI=1S/C24H22FN3O3S/c1-14-4-6-17(7-5-14)12-26-20(29)13-27-23-21(15(2)16(3)32-23)22(30)28(24(27)31)19-10-8-18(25)9-11-19/h4-11H,12-13H2,1-3H3,(H,26,29). The van der Waals surface area contributed by atoms with Crippen molar-refractivity contribution < 1.29 is 9.18 Å². The number of benzene rings is 2. The number of aromatic nitrogens is 2. The lowest BCUT2D eigenvalue weighted by Crippen LogP contribution is -2.41. The molecule has 0 saturated heterocycles. The van der Waals surface area contributed by atoms with E-state index in [1.807, 2.05) is 45.0 Å². The van der Waals surface area contributed by atoms with Crippen LogP contribution in [0.15, 0.2) is 58.1 Å². The van der Waals surface area contributed by atoms with Gasteiger partial charge in [-0.15, -0.1) is 11.3 Å². The van der Waals surface area contributed by atoms with Gasteiger partial charge < -0.3 is 5.32 Å². The molecule has 8 heteroatoms. The van der Waals surface area contributed by atoms with Crippen LogP contribution in [0, 0.1) is 26.6 Å². The number of carbonyl (C=O) groups is 1. The van der Waals surface area contributed by atoms with Crippen LogP contribution < -0.4 is 16.6 Å². The summed E-state index contributed by atoms with van der Waals surface area (Å²) in [7, 11) is 0. The summed E-state index contributed by atoms with van der Waals surface area (Å²) in [6.45, 7) is 5.77. The molecule has 1 N–H and O–H groups in total. The van der Waals surface area contributed by atoms with Crippen molar-refractivity contribution in [2.45, 2.75) is 33.9 Å². The van der Waals surface area contributed by atoms with Crippen molar-refractivity contribution in [2.75, 3.05) is 0 Å². The predicted molar refractivity (Wildman–Crippen MR) is 124 cm³/mol. The van der Waals surface area contributed by atoms with Gasteiger partial charge >= 0.3 is 5.69 Å². The Morgan fingerprint density at radius 2 is 1.66 bits per heavy atom. The van der Waals surface area contributed by atoms with Crippen LogP contribution in [0.4, 0.5) is 4.39 Å². The number of aryl methyl sites for hydroxylation is 3. The third-order valence-corrected chi connectivity index (χ3v) is 6.68. The molecule has 0 aliphatic carbocycles. The van der Waals surface area contributed by atoms with Crippen LogP contribution in [-0.4, -0.2) is 15.0 Å². The molecule has 32 heavy (non-hydrogen) atoms. The fourth-order valence-electron chi connectivity index (χ4n) is 3.52. The second kappa shape index (κ2) is 8.55. The first-order valence-electron chi connectivity index (χ1n) is 10.1. The number of nitrogens with zero attached hydrogens (tertiary/aromatic N) is 2. The van der Waals surface area contributed by atoms with Gasteiger partial charge in [0.05, 0.1) is 11.1 Å². The van der Waals surface area contributed by atoms with Crippen molar-refractivity contribution in [1.29, 1.82) is 0 Å². The second-order valence-electron chi connectivity index (χ2n) is 7.71. The molecule has 0 aliphatic heterocycles. The molecule has 164 valence electrons. The number of hydrogen-bond acceptors (Lipinski definition) is 4. The molecule has 1 amide bonds. The van der Waals surface area contributed by atoms with Gasteiger partial charge in [-0.05, 0) is 56.2 Å². The third-order valence-electron chi connectivity index (χ3n) is 5.45. The lowest BCUT2D eigenvalue weighted by atomic mass is 10.1. The van der Waals surface area contributed by atoms with Gasteiger partial charge in [0.15, 0.2) is 0 Å². The normalized spacial score (nSPS) is 11.1. The van der Waals surface area contributed by atoms with Gasteiger partial charge in [0.2, 0.25) is 5.91 Å². The van der Waals surface area contributed by atoms with Crippen molar-refractivity contribution in [1.82, 2.24) is 14.5 Å². The SMILES string of the molecule is Cc1ccc(CNC(=O)Cn2c(=O)n(-c3ccc(F)cc3)c(=O)c3c(C)c(C)sc32)cc1. The molecule has 0 spiro atoms. The molecule has 0 saturated carbocycles. The molecule has 0 aliphatic rings. The fourth-order valence-corrected chi connectivity index (χ4v) is 4.66. The van der Waals surface area contributed by atoms with Gasteiger partial charge in [-0.2, -0.15) is 0 Å². The number of thiophene rings is 1. The van der Waals surface area contributed by atoms with Gasteiger partial charge in [0, 0.05) is 11.4 Å². The molecule has 6 nitrogen and oxygen atoms in total. The number of rotatable bonds is 5. The maximum Gasteiger partial charge on any atom is 0.337 e. The van der Waals surface area contributed by atoms with E-state index in [2.05, 4.69) is 5.32 Å². The van der Waals surface area contributed by atoms with Crippen LogP contribution in [0.25, 0.3) is 15.9 Å². The van der Waals surface area contributed by atoms with E-state index in [1.165, 1.54) is 40.2 Å². The van der Waals surface area contributed by atoms with E-state index in [4.69, 9.17) is 0 Å². The lowest BCUT2D eigenvalue weighted by Gasteiger charge is -2.13. The molecule has 2 aromatic carbocycles. The highest BCUT2D eigenvalue weighted by atomic mass is 32.1. The summed E-state index contributed by atoms with van der Waals surface area (Å²) in [5.41, 5.74) is 1.97. The zero-order chi connectivity index (χ0) is 23.0. The van der Waals surface area contributed by atoms with E-state index in [0.29, 0.717) is 16.8 Å². The number of nitrogens with one attached hydrogen (secondary N) is 1. The molecular formula is C24H22FN3O3S. The van der Waals surface area contributed by atoms with Crippen LogP contribution in [0.3, 0.4) is 0 Å². The molecule has 4 rings (SSSR count). The highest BCUT2D eigenvalue weighted by Crippen LogP contribution is 2.27. The topological polar surface area (TPSA) is 73.1 Å². The summed E-state index contributed by atoms with van der Waals surface area (Å²) in [5.74, 6) is -0.816. The minimum atomic E-state index is -0.638. The zero-order valence-corrected chi connectivity index (χ0v) is 18.8. The minimum absolute atomic E-state index is 0.234. The first kappa shape index (κ1) is 21.7. The number of halogens is 1. The van der Waals surface area contributed by atoms with Crippen LogP contribution >= 0.6 is 11.3 Å². The zero-order valence-electron chi connectivity index (χ0n) is 17.9. The van der Waals surface area contributed by atoms with Crippen molar-refractivity contribution in [3.8, 4) is 5.69 Å². The molecule has 2 aromatic heterocycles. The van der Waals surface area contributed by atoms with Crippen molar-refractivity contribution >= 4 is 27.5 Å². The predicted octanol–water partition coefficient (Wildman–Crippen LogP) is 3.59. The molecular weight excluding hydrogens is 429 g/mol. The maximum absolute atomic E-state index is 13.4. The molecule has 2 heterocycles. The molecule has 0 bridgehead atoms. The Morgan fingerprint density at radius 3 is 2.31 bits per heavy atom. The second-order valence-corrected chi connectivity index (χ2v) is 8.91. The monoisotopic (exact) mass is 451 g/mol. The summed E-state index contributed by atoms with van der Waals surface area (Å²) < 4.78 is 15.7. The molecule has 4 aromatic rings. The molecule has 0 radical (unpaired) electrons. The van der Waals surface area contributed by atoms with E-state index in [0.717, 1.165) is 26.1 Å². The molecule has 0 fully saturated rings. The summed E-state index contributed by atoms with van der Waals surface area (Å²) >= 11 is 1.31. The average Bonchev–Trinajstić information content (AvgIpc) is 3.06. The smallest absolute Gasteiger partial charge is 0.337 e. The summed E-state index contributed by atoms with van der Waals surface area (Å²) in [5, 5.41) is 3.22. The Morgan fingerprint density at radius 1 is 1.00 bits per heavy atom. The third kappa shape index (κ3) is 4.01. The Balaban J connectivity index is 1.76. The Kier molecular flexibility index (Phi) is 5.80. The molecule has 0 atom stereocenters. The van der Waals surface area contributed by atoms with Crippen molar-refractivity contribution in [2.24, 2.45) is 0 Å². The van der Waals surface area contributed by atoms with Crippen LogP contribution in [-0.2, 0) is 17.9 Å². The van der Waals surface area contributed by atoms with Crippen molar-refractivity contribution in [3.63, 3.8) is 0 Å². The Hall–Kier alpha value is -3.52. The average molecular weight is 452 g/mol. The Bertz CT molecular complexity index is 1430. The highest BCUT2D eigenvalue weighted by molar-refractivity contribution is 7.18. The molecule has 0 unspecified atom stereocenters. The van der Waals surface area contributed by atoms with E-state index < -0.39 is 17.1 Å². The number of carbonyl (C=O) groups excluding carboxylic acids is 1. The quantitative estimate of drug-likeness (QED) is 0.504. The van der Waals surface area contributed by atoms with Crippen molar-refractivity contribution in [3.05, 3.63) is 96.8 Å². The van der Waals surface area contributed by atoms with Crippen LogP contribution in [0.5, 0.6) is 0 Å². The summed E-state index contributed by atoms with van der Waals surface area (Å²) in [6, 6.07) is 12.9. The van der Waals surface area contributed by atoms with Gasteiger partial charge in [0.25, 0.3) is 5.56 Å². The van der Waals surface area contributed by atoms with Crippen LogP contribution in [0.1, 0.15) is 21.6 Å². The van der Waals surface area contributed by atoms with E-state index in [1.54, 1.807) is 0 Å². The fraction of sp³-hybridized carbons (Fsp3) is 0.208. The summed E-state index contributed by atoms with van der Waals surface area (Å²) in [6.07, 6.45) is 0. The van der Waals surface area contributed by atoms with E-state index >= 15 is 0 Å². The minimum Gasteiger partial charge on any atom is -0.350 e. The van der Waals surface area contributed by atoms with Gasteiger partial charge in [-0.1, -0.05) is 29.8 Å². The van der Waals surface area contributed by atoms with Crippen LogP contribution in [0.2, 0.25) is 0 Å². The van der Waals surface area contributed by atoms with E-state index in [9.17, 15) is 18.8 Å². The number of amides is 1. The van der Waals surface area contributed by atoms with E-state index in [-0.39, 0.29) is 18.1 Å². The number of hydrogen-bond donors (Lipinski definition) is 1. The first-order valence-corrected chi connectivity index (χ1v) is 10.9. The first-order chi connectivity index (χ1) is 15.3. The van der Waals surface area contributed by atoms with Gasteiger partial charge in [-0.3, -0.25) is 14.2 Å². The van der Waals surface area contributed by atoms with Gasteiger partial charge in [-0.25, -0.2) is 13.8 Å². The highest BCUT2D eigenvalue weighted by Gasteiger charge is 2.21. The lowest BCUT2D eigenvalue weighted by molar-refractivity contribution is -0.121. The summed E-state index contributed by atoms with van der Waals surface area (Å²) in [4.78, 5) is 40.6. The van der Waals surface area contributed by atoms with Gasteiger partial charge in [0.1, 0.15) is 17.2 Å². The maximum atomic E-state index is 13.4. The largest absolute Gasteiger partial charge is 0.350 e.